The number of primary amides is 1. The second-order valence-electron chi connectivity index (χ2n) is 4.07. The minimum Gasteiger partial charge on any atom is -0.455 e. The van der Waals surface area contributed by atoms with E-state index in [0.29, 0.717) is 17.1 Å². The smallest absolute Gasteiger partial charge is 0.329 e. The summed E-state index contributed by atoms with van der Waals surface area (Å²) in [6.07, 6.45) is 1.19. The van der Waals surface area contributed by atoms with Gasteiger partial charge in [-0.25, -0.2) is 5.43 Å². The average molecular weight is 302 g/mol. The molecule has 22 heavy (non-hydrogen) atoms. The molecule has 0 saturated heterocycles. The average Bonchev–Trinajstić information content (AvgIpc) is 2.96. The molecule has 9 heteroatoms. The first kappa shape index (κ1) is 14.9. The topological polar surface area (TPSA) is 141 Å². The molecule has 0 spiro atoms. The van der Waals surface area contributed by atoms with E-state index in [2.05, 4.69) is 5.10 Å². The lowest BCUT2D eigenvalue weighted by atomic mass is 10.1. The van der Waals surface area contributed by atoms with Crippen LogP contribution in [-0.4, -0.2) is 23.0 Å². The van der Waals surface area contributed by atoms with E-state index >= 15 is 0 Å². The number of nitro groups is 1. The van der Waals surface area contributed by atoms with Crippen LogP contribution >= 0.6 is 0 Å². The van der Waals surface area contributed by atoms with Crippen molar-refractivity contribution in [3.05, 3.63) is 52.3 Å². The molecule has 0 saturated carbocycles. The van der Waals surface area contributed by atoms with E-state index in [4.69, 9.17) is 10.2 Å². The molecule has 0 atom stereocenters. The molecule has 1 aromatic carbocycles. The first-order chi connectivity index (χ1) is 10.5. The van der Waals surface area contributed by atoms with Crippen molar-refractivity contribution < 1.29 is 18.9 Å². The van der Waals surface area contributed by atoms with Crippen molar-refractivity contribution in [2.75, 3.05) is 0 Å². The minimum atomic E-state index is -1.15. The maximum Gasteiger partial charge on any atom is 0.329 e. The number of benzene rings is 1. The Morgan fingerprint density at radius 1 is 1.23 bits per heavy atom. The second kappa shape index (κ2) is 6.31. The van der Waals surface area contributed by atoms with Gasteiger partial charge in [0.15, 0.2) is 0 Å². The molecule has 2 amide bonds. The molecule has 2 rings (SSSR count). The van der Waals surface area contributed by atoms with Crippen molar-refractivity contribution in [3.63, 3.8) is 0 Å². The third-order valence-electron chi connectivity index (χ3n) is 2.57. The fourth-order valence-corrected chi connectivity index (χ4v) is 1.53. The summed E-state index contributed by atoms with van der Waals surface area (Å²) in [5, 5.41) is 14.1. The largest absolute Gasteiger partial charge is 0.455 e. The molecule has 0 bridgehead atoms. The molecular formula is C13H10N4O5. The standard InChI is InChI=1S/C13H10N4O5/c14-12(18)13(19)16-15-7-10-5-6-11(22-10)8-1-3-9(4-2-8)17(20)21/h1-7H,(H2,14,18)(H,16,19)/b15-7-. The van der Waals surface area contributed by atoms with Crippen molar-refractivity contribution >= 4 is 23.7 Å². The second-order valence-corrected chi connectivity index (χ2v) is 4.07. The maximum absolute atomic E-state index is 10.9. The lowest BCUT2D eigenvalue weighted by Gasteiger charge is -1.96. The SMILES string of the molecule is NC(=O)C(=O)N/N=C\c1ccc(-c2ccc([N+](=O)[O-])cc2)o1. The van der Waals surface area contributed by atoms with E-state index in [1.807, 2.05) is 5.43 Å². The molecule has 3 N–H and O–H groups in total. The first-order valence-electron chi connectivity index (χ1n) is 5.95. The number of furan rings is 1. The van der Waals surface area contributed by atoms with Crippen LogP contribution in [0.1, 0.15) is 5.76 Å². The van der Waals surface area contributed by atoms with Crippen LogP contribution in [0.4, 0.5) is 5.69 Å². The number of nitro benzene ring substituents is 1. The summed E-state index contributed by atoms with van der Waals surface area (Å²) in [5.41, 5.74) is 7.28. The number of non-ortho nitro benzene ring substituents is 1. The van der Waals surface area contributed by atoms with Crippen LogP contribution in [0.2, 0.25) is 0 Å². The lowest BCUT2D eigenvalue weighted by Crippen LogP contribution is -2.32. The number of rotatable bonds is 4. The third-order valence-corrected chi connectivity index (χ3v) is 2.57. The summed E-state index contributed by atoms with van der Waals surface area (Å²) in [5.74, 6) is -1.41. The zero-order valence-electron chi connectivity index (χ0n) is 11.1. The normalized spacial score (nSPS) is 10.5. The van der Waals surface area contributed by atoms with Crippen LogP contribution in [0, 0.1) is 10.1 Å². The highest BCUT2D eigenvalue weighted by molar-refractivity contribution is 6.34. The van der Waals surface area contributed by atoms with Gasteiger partial charge in [-0.1, -0.05) is 0 Å². The zero-order chi connectivity index (χ0) is 16.1. The maximum atomic E-state index is 10.9. The van der Waals surface area contributed by atoms with E-state index in [1.165, 1.54) is 18.3 Å². The number of hydrazone groups is 1. The van der Waals surface area contributed by atoms with Gasteiger partial charge in [0.2, 0.25) is 0 Å². The molecule has 2 aromatic rings. The van der Waals surface area contributed by atoms with E-state index in [-0.39, 0.29) is 5.69 Å². The Morgan fingerprint density at radius 3 is 2.50 bits per heavy atom. The fourth-order valence-electron chi connectivity index (χ4n) is 1.53. The number of hydrogen-bond acceptors (Lipinski definition) is 6. The molecular weight excluding hydrogens is 292 g/mol. The van der Waals surface area contributed by atoms with E-state index < -0.39 is 16.7 Å². The van der Waals surface area contributed by atoms with Crippen LogP contribution in [0.3, 0.4) is 0 Å². The van der Waals surface area contributed by atoms with Gasteiger partial charge < -0.3 is 10.2 Å². The van der Waals surface area contributed by atoms with Gasteiger partial charge >= 0.3 is 11.8 Å². The van der Waals surface area contributed by atoms with Gasteiger partial charge in [-0.05, 0) is 24.3 Å². The number of hydrogen-bond donors (Lipinski definition) is 2. The number of carbonyl (C=O) groups excluding carboxylic acids is 2. The Hall–Kier alpha value is -3.49. The van der Waals surface area contributed by atoms with Gasteiger partial charge in [0.05, 0.1) is 11.1 Å². The predicted octanol–water partition coefficient (Wildman–Crippen LogP) is 0.790. The van der Waals surface area contributed by atoms with Crippen LogP contribution in [0.15, 0.2) is 45.9 Å². The van der Waals surface area contributed by atoms with E-state index in [9.17, 15) is 19.7 Å². The zero-order valence-corrected chi connectivity index (χ0v) is 11.1. The van der Waals surface area contributed by atoms with Crippen LogP contribution < -0.4 is 11.2 Å². The Bertz CT molecular complexity index is 748. The molecule has 0 aliphatic heterocycles. The number of amides is 2. The molecule has 112 valence electrons. The number of nitrogens with two attached hydrogens (primary N) is 1. The molecule has 0 aliphatic carbocycles. The fraction of sp³-hybridized carbons (Fsp3) is 0. The summed E-state index contributed by atoms with van der Waals surface area (Å²) >= 11 is 0. The Morgan fingerprint density at radius 2 is 1.91 bits per heavy atom. The van der Waals surface area contributed by atoms with E-state index in [0.717, 1.165) is 0 Å². The molecule has 0 unspecified atom stereocenters. The van der Waals surface area contributed by atoms with Gasteiger partial charge in [0, 0.05) is 17.7 Å². The molecule has 0 aliphatic rings. The molecule has 1 aromatic heterocycles. The van der Waals surface area contributed by atoms with Crippen molar-refractivity contribution in [1.82, 2.24) is 5.43 Å². The highest BCUT2D eigenvalue weighted by Crippen LogP contribution is 2.23. The van der Waals surface area contributed by atoms with Crippen molar-refractivity contribution in [1.29, 1.82) is 0 Å². The van der Waals surface area contributed by atoms with E-state index in [1.54, 1.807) is 24.3 Å². The highest BCUT2D eigenvalue weighted by atomic mass is 16.6. The van der Waals surface area contributed by atoms with Crippen LogP contribution in [0.25, 0.3) is 11.3 Å². The lowest BCUT2D eigenvalue weighted by molar-refractivity contribution is -0.384. The minimum absolute atomic E-state index is 0.0220. The highest BCUT2D eigenvalue weighted by Gasteiger charge is 2.08. The van der Waals surface area contributed by atoms with Gasteiger partial charge in [-0.15, -0.1) is 0 Å². The van der Waals surface area contributed by atoms with Gasteiger partial charge in [-0.3, -0.25) is 19.7 Å². The van der Waals surface area contributed by atoms with Crippen LogP contribution in [0.5, 0.6) is 0 Å². The van der Waals surface area contributed by atoms with Crippen LogP contribution in [-0.2, 0) is 9.59 Å². The summed E-state index contributed by atoms with van der Waals surface area (Å²) in [6.45, 7) is 0. The number of nitrogens with zero attached hydrogens (tertiary/aromatic N) is 2. The predicted molar refractivity (Wildman–Crippen MR) is 75.7 cm³/mol. The monoisotopic (exact) mass is 302 g/mol. The van der Waals surface area contributed by atoms with Crippen molar-refractivity contribution in [2.24, 2.45) is 10.8 Å². The Balaban J connectivity index is 2.08. The quantitative estimate of drug-likeness (QED) is 0.371. The van der Waals surface area contributed by atoms with Gasteiger partial charge in [-0.2, -0.15) is 5.10 Å². The molecule has 0 radical (unpaired) electrons. The van der Waals surface area contributed by atoms with Gasteiger partial charge in [0.1, 0.15) is 11.5 Å². The van der Waals surface area contributed by atoms with Gasteiger partial charge in [0.25, 0.3) is 5.69 Å². The third kappa shape index (κ3) is 3.54. The number of nitrogens with one attached hydrogen (secondary N) is 1. The Kier molecular flexibility index (Phi) is 4.27. The Labute approximate surface area is 123 Å². The molecule has 1 heterocycles. The summed E-state index contributed by atoms with van der Waals surface area (Å²) in [4.78, 5) is 31.4. The summed E-state index contributed by atoms with van der Waals surface area (Å²) in [7, 11) is 0. The number of carbonyl (C=O) groups is 2. The first-order valence-corrected chi connectivity index (χ1v) is 5.95. The molecule has 9 nitrogen and oxygen atoms in total. The van der Waals surface area contributed by atoms with Crippen molar-refractivity contribution in [2.45, 2.75) is 0 Å². The summed E-state index contributed by atoms with van der Waals surface area (Å²) in [6, 6.07) is 9.03. The summed E-state index contributed by atoms with van der Waals surface area (Å²) < 4.78 is 5.43. The van der Waals surface area contributed by atoms with Crippen molar-refractivity contribution in [3.8, 4) is 11.3 Å². The molecule has 0 fully saturated rings.